The zero-order chi connectivity index (χ0) is 17.9. The summed E-state index contributed by atoms with van der Waals surface area (Å²) in [5.41, 5.74) is 3.07. The third-order valence-electron chi connectivity index (χ3n) is 5.32. The third-order valence-corrected chi connectivity index (χ3v) is 5.32. The molecule has 2 aromatic heterocycles. The van der Waals surface area contributed by atoms with Crippen molar-refractivity contribution in [1.82, 2.24) is 14.9 Å². The molecule has 0 radical (unpaired) electrons. The molecule has 0 N–H and O–H groups in total. The average molecular weight is 349 g/mol. The minimum absolute atomic E-state index is 0.0324. The summed E-state index contributed by atoms with van der Waals surface area (Å²) in [4.78, 5) is 23.1. The van der Waals surface area contributed by atoms with E-state index < -0.39 is 0 Å². The first-order valence-electron chi connectivity index (χ1n) is 9.24. The summed E-state index contributed by atoms with van der Waals surface area (Å²) in [5, 5.41) is 1.24. The maximum Gasteiger partial charge on any atom is 0.291 e. The Labute approximate surface area is 153 Å². The summed E-state index contributed by atoms with van der Waals surface area (Å²) >= 11 is 0. The number of hydrogen-bond donors (Lipinski definition) is 0. The molecule has 0 unspecified atom stereocenters. The van der Waals surface area contributed by atoms with Gasteiger partial charge < -0.3 is 9.32 Å². The van der Waals surface area contributed by atoms with Crippen LogP contribution in [-0.2, 0) is 6.42 Å². The molecule has 1 aromatic carbocycles. The number of amides is 1. The maximum atomic E-state index is 12.7. The Morgan fingerprint density at radius 3 is 2.96 bits per heavy atom. The van der Waals surface area contributed by atoms with E-state index in [4.69, 9.17) is 4.42 Å². The summed E-state index contributed by atoms with van der Waals surface area (Å²) < 4.78 is 5.28. The van der Waals surface area contributed by atoms with Crippen molar-refractivity contribution in [2.45, 2.75) is 32.6 Å². The molecule has 0 saturated carbocycles. The lowest BCUT2D eigenvalue weighted by atomic mass is 9.91. The number of aryl methyl sites for hydroxylation is 1. The highest BCUT2D eigenvalue weighted by atomic mass is 16.3. The van der Waals surface area contributed by atoms with Crippen molar-refractivity contribution in [3.8, 4) is 0 Å². The first-order chi connectivity index (χ1) is 12.7. The number of hydrogen-bond acceptors (Lipinski definition) is 4. The van der Waals surface area contributed by atoms with E-state index in [1.165, 1.54) is 17.3 Å². The summed E-state index contributed by atoms with van der Waals surface area (Å²) in [5.74, 6) is 0.924. The minimum atomic E-state index is -0.0324. The molecule has 5 heteroatoms. The molecule has 0 bridgehead atoms. The number of carbonyl (C=O) groups is 1. The molecule has 5 nitrogen and oxygen atoms in total. The SMILES string of the molecule is Cc1ncoc1C(=O)N1CCC[C@@H](Cc2cccc3ncccc23)CC1. The first kappa shape index (κ1) is 16.8. The lowest BCUT2D eigenvalue weighted by Crippen LogP contribution is -2.32. The van der Waals surface area contributed by atoms with Gasteiger partial charge in [-0.3, -0.25) is 9.78 Å². The van der Waals surface area contributed by atoms with E-state index in [2.05, 4.69) is 34.2 Å². The number of carbonyl (C=O) groups excluding carboxylic acids is 1. The number of rotatable bonds is 3. The molecule has 1 aliphatic heterocycles. The Balaban J connectivity index is 1.45. The molecule has 3 aromatic rings. The minimum Gasteiger partial charge on any atom is -0.438 e. The van der Waals surface area contributed by atoms with Gasteiger partial charge in [0.05, 0.1) is 11.2 Å². The van der Waals surface area contributed by atoms with Gasteiger partial charge in [0, 0.05) is 24.7 Å². The molecule has 1 saturated heterocycles. The molecule has 134 valence electrons. The van der Waals surface area contributed by atoms with Crippen LogP contribution in [0.15, 0.2) is 47.3 Å². The largest absolute Gasteiger partial charge is 0.438 e. The highest BCUT2D eigenvalue weighted by Gasteiger charge is 2.25. The van der Waals surface area contributed by atoms with Crippen LogP contribution < -0.4 is 0 Å². The van der Waals surface area contributed by atoms with Crippen molar-refractivity contribution in [3.63, 3.8) is 0 Å². The van der Waals surface area contributed by atoms with Gasteiger partial charge in [-0.05, 0) is 56.2 Å². The Morgan fingerprint density at radius 2 is 2.12 bits per heavy atom. The fourth-order valence-corrected chi connectivity index (χ4v) is 3.88. The van der Waals surface area contributed by atoms with Crippen LogP contribution in [0.3, 0.4) is 0 Å². The highest BCUT2D eigenvalue weighted by molar-refractivity contribution is 5.92. The Bertz CT molecular complexity index is 913. The zero-order valence-corrected chi connectivity index (χ0v) is 15.0. The lowest BCUT2D eigenvalue weighted by Gasteiger charge is -2.19. The molecular formula is C21H23N3O2. The summed E-state index contributed by atoms with van der Waals surface area (Å²) in [6.07, 6.45) is 7.38. The van der Waals surface area contributed by atoms with E-state index in [9.17, 15) is 4.79 Å². The van der Waals surface area contributed by atoms with Crippen LogP contribution in [0.4, 0.5) is 0 Å². The van der Waals surface area contributed by atoms with Crippen LogP contribution in [0.5, 0.6) is 0 Å². The average Bonchev–Trinajstić information content (AvgIpc) is 2.95. The van der Waals surface area contributed by atoms with Gasteiger partial charge in [0.2, 0.25) is 5.76 Å². The van der Waals surface area contributed by atoms with E-state index in [0.29, 0.717) is 17.4 Å². The van der Waals surface area contributed by atoms with Gasteiger partial charge in [-0.1, -0.05) is 18.2 Å². The van der Waals surface area contributed by atoms with Crippen LogP contribution in [0, 0.1) is 12.8 Å². The monoisotopic (exact) mass is 349 g/mol. The fourth-order valence-electron chi connectivity index (χ4n) is 3.88. The second-order valence-electron chi connectivity index (χ2n) is 7.05. The molecule has 1 amide bonds. The zero-order valence-electron chi connectivity index (χ0n) is 15.0. The number of aromatic nitrogens is 2. The molecule has 0 spiro atoms. The Hall–Kier alpha value is -2.69. The van der Waals surface area contributed by atoms with Crippen molar-refractivity contribution in [3.05, 3.63) is 59.9 Å². The summed E-state index contributed by atoms with van der Waals surface area (Å²) in [7, 11) is 0. The van der Waals surface area contributed by atoms with Crippen molar-refractivity contribution < 1.29 is 9.21 Å². The van der Waals surface area contributed by atoms with Crippen molar-refractivity contribution >= 4 is 16.8 Å². The van der Waals surface area contributed by atoms with E-state index in [1.54, 1.807) is 0 Å². The molecular weight excluding hydrogens is 326 g/mol. The van der Waals surface area contributed by atoms with Crippen molar-refractivity contribution in [2.24, 2.45) is 5.92 Å². The van der Waals surface area contributed by atoms with Gasteiger partial charge >= 0.3 is 0 Å². The van der Waals surface area contributed by atoms with Crippen molar-refractivity contribution in [1.29, 1.82) is 0 Å². The highest BCUT2D eigenvalue weighted by Crippen LogP contribution is 2.26. The molecule has 1 aliphatic rings. The number of oxazole rings is 1. The molecule has 1 atom stereocenters. The quantitative estimate of drug-likeness (QED) is 0.717. The topological polar surface area (TPSA) is 59.2 Å². The fraction of sp³-hybridized carbons (Fsp3) is 0.381. The molecule has 0 aliphatic carbocycles. The van der Waals surface area contributed by atoms with E-state index >= 15 is 0 Å². The number of benzene rings is 1. The van der Waals surface area contributed by atoms with Gasteiger partial charge in [0.25, 0.3) is 5.91 Å². The second kappa shape index (κ2) is 7.28. The van der Waals surface area contributed by atoms with Crippen LogP contribution in [0.2, 0.25) is 0 Å². The Kier molecular flexibility index (Phi) is 4.69. The molecule has 1 fully saturated rings. The van der Waals surface area contributed by atoms with Crippen molar-refractivity contribution in [2.75, 3.05) is 13.1 Å². The van der Waals surface area contributed by atoms with Crippen LogP contribution >= 0.6 is 0 Å². The first-order valence-corrected chi connectivity index (χ1v) is 9.24. The van der Waals surface area contributed by atoms with Gasteiger partial charge in [-0.2, -0.15) is 0 Å². The van der Waals surface area contributed by atoms with E-state index in [-0.39, 0.29) is 5.91 Å². The smallest absolute Gasteiger partial charge is 0.291 e. The van der Waals surface area contributed by atoms with Gasteiger partial charge in [-0.25, -0.2) is 4.98 Å². The third kappa shape index (κ3) is 3.34. The summed E-state index contributed by atoms with van der Waals surface area (Å²) in [6, 6.07) is 10.5. The van der Waals surface area contributed by atoms with Crippen LogP contribution in [-0.4, -0.2) is 33.9 Å². The lowest BCUT2D eigenvalue weighted by molar-refractivity contribution is 0.0727. The van der Waals surface area contributed by atoms with Gasteiger partial charge in [0.1, 0.15) is 0 Å². The number of likely N-dealkylation sites (tertiary alicyclic amines) is 1. The standard InChI is InChI=1S/C21H23N3O2/c1-15-20(26-14-23-15)21(25)24-11-4-5-16(9-12-24)13-17-6-2-8-19-18(17)7-3-10-22-19/h2-3,6-8,10,14,16H,4-5,9,11-13H2,1H3/t16-/m1/s1. The second-order valence-corrected chi connectivity index (χ2v) is 7.05. The van der Waals surface area contributed by atoms with Crippen LogP contribution in [0.25, 0.3) is 10.9 Å². The summed E-state index contributed by atoms with van der Waals surface area (Å²) in [6.45, 7) is 3.37. The van der Waals surface area contributed by atoms with E-state index in [0.717, 1.165) is 44.3 Å². The van der Waals surface area contributed by atoms with Gasteiger partial charge in [-0.15, -0.1) is 0 Å². The van der Waals surface area contributed by atoms with Crippen LogP contribution in [0.1, 0.15) is 41.1 Å². The molecule has 4 rings (SSSR count). The number of nitrogens with zero attached hydrogens (tertiary/aromatic N) is 3. The Morgan fingerprint density at radius 1 is 1.19 bits per heavy atom. The normalized spacial score (nSPS) is 18.0. The number of pyridine rings is 1. The number of fused-ring (bicyclic) bond motifs is 1. The molecule has 26 heavy (non-hydrogen) atoms. The predicted molar refractivity (Wildman–Crippen MR) is 99.9 cm³/mol. The predicted octanol–water partition coefficient (Wildman–Crippen LogP) is 4.02. The van der Waals surface area contributed by atoms with E-state index in [1.807, 2.05) is 24.1 Å². The maximum absolute atomic E-state index is 12.7. The van der Waals surface area contributed by atoms with Gasteiger partial charge in [0.15, 0.2) is 6.39 Å². The molecule has 3 heterocycles.